The molecule has 0 saturated carbocycles. The Bertz CT molecular complexity index is 712. The number of halogens is 1. The number of hydrogen-bond donors (Lipinski definition) is 1. The summed E-state index contributed by atoms with van der Waals surface area (Å²) in [5.74, 6) is 1.03. The van der Waals surface area contributed by atoms with E-state index in [0.717, 1.165) is 45.3 Å². The van der Waals surface area contributed by atoms with Crippen molar-refractivity contribution in [1.29, 1.82) is 0 Å². The minimum atomic E-state index is 0. The van der Waals surface area contributed by atoms with Crippen molar-refractivity contribution in [3.63, 3.8) is 0 Å². The molecule has 0 radical (unpaired) electrons. The average Bonchev–Trinajstić information content (AvgIpc) is 3.27. The SMILES string of the molecule is CCN1CCN(CCCCNC(=NC)N2CC3OCCN(Cc4ccccc4)C3C2)CC1.I. The second-order valence-corrected chi connectivity index (χ2v) is 9.29. The Morgan fingerprint density at radius 3 is 2.52 bits per heavy atom. The van der Waals surface area contributed by atoms with Crippen LogP contribution in [0.4, 0.5) is 0 Å². The predicted molar refractivity (Wildman–Crippen MR) is 147 cm³/mol. The van der Waals surface area contributed by atoms with Crippen LogP contribution in [0.25, 0.3) is 0 Å². The molecule has 0 aromatic heterocycles. The summed E-state index contributed by atoms with van der Waals surface area (Å²) in [6, 6.07) is 11.2. The maximum Gasteiger partial charge on any atom is 0.193 e. The van der Waals surface area contributed by atoms with Crippen LogP contribution in [0.1, 0.15) is 25.3 Å². The van der Waals surface area contributed by atoms with Gasteiger partial charge in [0, 0.05) is 66.0 Å². The highest BCUT2D eigenvalue weighted by Crippen LogP contribution is 2.24. The first-order valence-electron chi connectivity index (χ1n) is 12.6. The Balaban J connectivity index is 0.00000306. The van der Waals surface area contributed by atoms with Gasteiger partial charge in [0.15, 0.2) is 5.96 Å². The number of ether oxygens (including phenoxy) is 1. The molecule has 1 N–H and O–H groups in total. The number of hydrogen-bond acceptors (Lipinski definition) is 5. The summed E-state index contributed by atoms with van der Waals surface area (Å²) in [4.78, 5) is 14.7. The molecule has 3 aliphatic rings. The van der Waals surface area contributed by atoms with Crippen LogP contribution in [0.3, 0.4) is 0 Å². The number of unbranched alkanes of at least 4 members (excludes halogenated alkanes) is 1. The zero-order valence-corrected chi connectivity index (χ0v) is 22.8. The second kappa shape index (κ2) is 13.8. The van der Waals surface area contributed by atoms with E-state index in [4.69, 9.17) is 4.74 Å². The topological polar surface area (TPSA) is 46.6 Å². The van der Waals surface area contributed by atoms with Gasteiger partial charge < -0.3 is 24.8 Å². The lowest BCUT2D eigenvalue weighted by Gasteiger charge is -2.36. The molecular weight excluding hydrogens is 527 g/mol. The van der Waals surface area contributed by atoms with E-state index < -0.39 is 0 Å². The summed E-state index contributed by atoms with van der Waals surface area (Å²) in [5.41, 5.74) is 1.38. The molecule has 1 aromatic rings. The van der Waals surface area contributed by atoms with Gasteiger partial charge in [-0.25, -0.2) is 0 Å². The normalized spacial score (nSPS) is 25.0. The van der Waals surface area contributed by atoms with Crippen molar-refractivity contribution < 1.29 is 4.74 Å². The zero-order valence-electron chi connectivity index (χ0n) is 20.5. The molecule has 2 atom stereocenters. The molecule has 1 aromatic carbocycles. The van der Waals surface area contributed by atoms with E-state index >= 15 is 0 Å². The third kappa shape index (κ3) is 7.52. The molecule has 33 heavy (non-hydrogen) atoms. The highest BCUT2D eigenvalue weighted by Gasteiger charge is 2.41. The first-order chi connectivity index (χ1) is 15.8. The molecule has 2 unspecified atom stereocenters. The highest BCUT2D eigenvalue weighted by molar-refractivity contribution is 14.0. The van der Waals surface area contributed by atoms with Crippen molar-refractivity contribution in [1.82, 2.24) is 24.9 Å². The quantitative estimate of drug-likeness (QED) is 0.224. The molecule has 3 heterocycles. The fraction of sp³-hybridized carbons (Fsp3) is 0.720. The van der Waals surface area contributed by atoms with Crippen molar-refractivity contribution in [2.45, 2.75) is 38.5 Å². The summed E-state index contributed by atoms with van der Waals surface area (Å²) in [6.45, 7) is 15.3. The molecule has 0 bridgehead atoms. The van der Waals surface area contributed by atoms with Crippen molar-refractivity contribution >= 4 is 29.9 Å². The fourth-order valence-corrected chi connectivity index (χ4v) is 5.27. The number of rotatable bonds is 8. The number of benzene rings is 1. The van der Waals surface area contributed by atoms with Crippen molar-refractivity contribution in [2.24, 2.45) is 4.99 Å². The summed E-state index contributed by atoms with van der Waals surface area (Å²) >= 11 is 0. The van der Waals surface area contributed by atoms with Crippen LogP contribution in [-0.4, -0.2) is 117 Å². The standard InChI is InChI=1S/C25H42N6O.HI/c1-3-28-13-15-29(16-14-28)12-8-7-11-27-25(26-2)31-20-23-24(21-31)32-18-17-30(23)19-22-9-5-4-6-10-22;/h4-6,9-10,23-24H,3,7-8,11-21H2,1-2H3,(H,26,27);1H. The molecule has 186 valence electrons. The lowest BCUT2D eigenvalue weighted by Crippen LogP contribution is -2.50. The van der Waals surface area contributed by atoms with Crippen LogP contribution in [0.5, 0.6) is 0 Å². The number of likely N-dealkylation sites (N-methyl/N-ethyl adjacent to an activating group) is 1. The number of nitrogens with one attached hydrogen (secondary N) is 1. The van der Waals surface area contributed by atoms with Crippen LogP contribution >= 0.6 is 24.0 Å². The minimum absolute atomic E-state index is 0. The van der Waals surface area contributed by atoms with Gasteiger partial charge in [0.2, 0.25) is 0 Å². The molecule has 0 amide bonds. The number of piperazine rings is 1. The van der Waals surface area contributed by atoms with Crippen LogP contribution < -0.4 is 5.32 Å². The molecule has 7 nitrogen and oxygen atoms in total. The third-order valence-electron chi connectivity index (χ3n) is 7.25. The smallest absolute Gasteiger partial charge is 0.193 e. The Kier molecular flexibility index (Phi) is 11.2. The highest BCUT2D eigenvalue weighted by atomic mass is 127. The van der Waals surface area contributed by atoms with Gasteiger partial charge >= 0.3 is 0 Å². The number of guanidine groups is 1. The van der Waals surface area contributed by atoms with Crippen LogP contribution in [-0.2, 0) is 11.3 Å². The summed E-state index contributed by atoms with van der Waals surface area (Å²) in [7, 11) is 1.90. The van der Waals surface area contributed by atoms with Crippen molar-refractivity contribution in [3.05, 3.63) is 35.9 Å². The maximum absolute atomic E-state index is 6.15. The van der Waals surface area contributed by atoms with Gasteiger partial charge in [-0.05, 0) is 31.5 Å². The van der Waals surface area contributed by atoms with E-state index in [1.165, 1.54) is 57.7 Å². The van der Waals surface area contributed by atoms with E-state index in [9.17, 15) is 0 Å². The number of morpholine rings is 1. The molecule has 8 heteroatoms. The lowest BCUT2D eigenvalue weighted by atomic mass is 10.1. The molecule has 0 spiro atoms. The largest absolute Gasteiger partial charge is 0.373 e. The van der Waals surface area contributed by atoms with Gasteiger partial charge in [-0.2, -0.15) is 0 Å². The van der Waals surface area contributed by atoms with E-state index in [1.54, 1.807) is 0 Å². The van der Waals surface area contributed by atoms with Crippen molar-refractivity contribution in [3.8, 4) is 0 Å². The van der Waals surface area contributed by atoms with Gasteiger partial charge in [-0.3, -0.25) is 9.89 Å². The Morgan fingerprint density at radius 2 is 1.79 bits per heavy atom. The predicted octanol–water partition coefficient (Wildman–Crippen LogP) is 2.18. The van der Waals surface area contributed by atoms with E-state index in [-0.39, 0.29) is 30.1 Å². The molecule has 3 saturated heterocycles. The van der Waals surface area contributed by atoms with Gasteiger partial charge in [-0.15, -0.1) is 24.0 Å². The van der Waals surface area contributed by atoms with Crippen LogP contribution in [0, 0.1) is 0 Å². The van der Waals surface area contributed by atoms with Crippen molar-refractivity contribution in [2.75, 3.05) is 79.1 Å². The molecule has 3 fully saturated rings. The van der Waals surface area contributed by atoms with Crippen LogP contribution in [0.15, 0.2) is 35.3 Å². The first-order valence-corrected chi connectivity index (χ1v) is 12.6. The maximum atomic E-state index is 6.15. The van der Waals surface area contributed by atoms with Crippen LogP contribution in [0.2, 0.25) is 0 Å². The number of fused-ring (bicyclic) bond motifs is 1. The molecule has 0 aliphatic carbocycles. The number of likely N-dealkylation sites (tertiary alicyclic amines) is 1. The molecule has 3 aliphatic heterocycles. The van der Waals surface area contributed by atoms with Gasteiger partial charge in [-0.1, -0.05) is 37.3 Å². The number of nitrogens with zero attached hydrogens (tertiary/aromatic N) is 5. The Morgan fingerprint density at radius 1 is 1.03 bits per heavy atom. The van der Waals surface area contributed by atoms with E-state index in [1.807, 2.05) is 7.05 Å². The Labute approximate surface area is 217 Å². The minimum Gasteiger partial charge on any atom is -0.373 e. The summed E-state index contributed by atoms with van der Waals surface area (Å²) in [6.07, 6.45) is 2.70. The number of aliphatic imine (C=N–C) groups is 1. The lowest BCUT2D eigenvalue weighted by molar-refractivity contribution is -0.0502. The molecular formula is C25H43IN6O. The summed E-state index contributed by atoms with van der Waals surface area (Å²) in [5, 5.41) is 3.61. The van der Waals surface area contributed by atoms with Gasteiger partial charge in [0.05, 0.1) is 18.8 Å². The van der Waals surface area contributed by atoms with Gasteiger partial charge in [0.1, 0.15) is 0 Å². The Hall–Kier alpha value is -0.940. The summed E-state index contributed by atoms with van der Waals surface area (Å²) < 4.78 is 6.15. The van der Waals surface area contributed by atoms with E-state index in [0.29, 0.717) is 6.04 Å². The molecule has 4 rings (SSSR count). The average molecular weight is 571 g/mol. The third-order valence-corrected chi connectivity index (χ3v) is 7.25. The van der Waals surface area contributed by atoms with E-state index in [2.05, 4.69) is 67.2 Å². The monoisotopic (exact) mass is 570 g/mol. The fourth-order valence-electron chi connectivity index (χ4n) is 5.27. The zero-order chi connectivity index (χ0) is 22.2. The second-order valence-electron chi connectivity index (χ2n) is 9.29. The first kappa shape index (κ1) is 26.7. The van der Waals surface area contributed by atoms with Gasteiger partial charge in [0.25, 0.3) is 0 Å².